The fourth-order valence-corrected chi connectivity index (χ4v) is 7.94. The summed E-state index contributed by atoms with van der Waals surface area (Å²) in [5, 5.41) is 10.1. The highest BCUT2D eigenvalue weighted by atomic mass is 19.1. The molecule has 0 bridgehead atoms. The van der Waals surface area contributed by atoms with Crippen molar-refractivity contribution in [1.82, 2.24) is 4.98 Å². The second kappa shape index (κ2) is 8.41. The van der Waals surface area contributed by atoms with E-state index in [0.717, 1.165) is 62.5 Å². The number of hydrogen-bond acceptors (Lipinski definition) is 3. The third-order valence-corrected chi connectivity index (χ3v) is 9.71. The summed E-state index contributed by atoms with van der Waals surface area (Å²) in [6, 6.07) is 8.06. The first kappa shape index (κ1) is 22.2. The number of aromatic nitrogens is 1. The van der Waals surface area contributed by atoms with Gasteiger partial charge in [-0.25, -0.2) is 4.39 Å². The highest BCUT2D eigenvalue weighted by molar-refractivity contribution is 5.96. The molecular formula is C30H34FNO2. The van der Waals surface area contributed by atoms with Crippen molar-refractivity contribution in [2.45, 2.75) is 76.7 Å². The molecular weight excluding hydrogens is 425 g/mol. The summed E-state index contributed by atoms with van der Waals surface area (Å²) in [7, 11) is 0. The number of Topliss-reactive ketones (excluding diaryl/α,β-unsaturated/α-hetero) is 1. The number of pyridine rings is 1. The monoisotopic (exact) mass is 459 g/mol. The standard InChI is InChI=1S/C30H34FNO2/c1-30-12-11-24-23-7-6-20(29(34)15-19-3-2-4-28(19)33)13-18(23)5-8-25(24)27(30)10-9-26(30)21-14-22(31)17-32-16-21/h6-7,9,13-14,16-17,19,24-25,27-28,33H,2-5,8,10-12,15H2,1H3/t19-,24-,25-,27+,28-,30-/m1/s1. The first-order valence-corrected chi connectivity index (χ1v) is 13.1. The zero-order valence-corrected chi connectivity index (χ0v) is 20.0. The van der Waals surface area contributed by atoms with Crippen LogP contribution in [0.15, 0.2) is 42.7 Å². The van der Waals surface area contributed by atoms with Gasteiger partial charge in [0.05, 0.1) is 12.3 Å². The number of hydrogen-bond donors (Lipinski definition) is 1. The Balaban J connectivity index is 1.22. The normalized spacial score (nSPS) is 34.2. The highest BCUT2D eigenvalue weighted by Gasteiger charge is 2.52. The SMILES string of the molecule is C[C@]12CC[C@@H]3c4ccc(C(=O)C[C@H]5CCC[C@H]5O)cc4CC[C@H]3[C@@H]1CC=C2c1cncc(F)c1. The first-order valence-electron chi connectivity index (χ1n) is 13.1. The summed E-state index contributed by atoms with van der Waals surface area (Å²) in [6.45, 7) is 2.38. The Morgan fingerprint density at radius 2 is 2.06 bits per heavy atom. The van der Waals surface area contributed by atoms with Crippen molar-refractivity contribution in [1.29, 1.82) is 0 Å². The third kappa shape index (κ3) is 3.57. The maximum Gasteiger partial charge on any atom is 0.163 e. The lowest BCUT2D eigenvalue weighted by atomic mass is 9.54. The molecule has 4 heteroatoms. The third-order valence-electron chi connectivity index (χ3n) is 9.71. The molecule has 2 fully saturated rings. The molecule has 178 valence electrons. The molecule has 1 N–H and O–H groups in total. The summed E-state index contributed by atoms with van der Waals surface area (Å²) in [4.78, 5) is 17.1. The van der Waals surface area contributed by atoms with Crippen molar-refractivity contribution >= 4 is 11.4 Å². The predicted molar refractivity (Wildman–Crippen MR) is 131 cm³/mol. The van der Waals surface area contributed by atoms with E-state index in [1.165, 1.54) is 22.9 Å². The summed E-state index contributed by atoms with van der Waals surface area (Å²) in [5.41, 5.74) is 5.91. The van der Waals surface area contributed by atoms with E-state index in [9.17, 15) is 14.3 Å². The van der Waals surface area contributed by atoms with Gasteiger partial charge in [0.2, 0.25) is 0 Å². The zero-order valence-electron chi connectivity index (χ0n) is 20.0. The summed E-state index contributed by atoms with van der Waals surface area (Å²) in [5.74, 6) is 1.78. The average molecular weight is 460 g/mol. The van der Waals surface area contributed by atoms with E-state index in [-0.39, 0.29) is 29.0 Å². The van der Waals surface area contributed by atoms with Gasteiger partial charge < -0.3 is 5.11 Å². The van der Waals surface area contributed by atoms with Gasteiger partial charge in [0.1, 0.15) is 5.82 Å². The lowest BCUT2D eigenvalue weighted by molar-refractivity contribution is 0.0863. The van der Waals surface area contributed by atoms with Crippen LogP contribution in [0.3, 0.4) is 0 Å². The van der Waals surface area contributed by atoms with Gasteiger partial charge in [0.15, 0.2) is 5.78 Å². The fraction of sp³-hybridized carbons (Fsp3) is 0.533. The van der Waals surface area contributed by atoms with Gasteiger partial charge in [0, 0.05) is 18.2 Å². The van der Waals surface area contributed by atoms with E-state index in [0.29, 0.717) is 24.2 Å². The Morgan fingerprint density at radius 1 is 1.18 bits per heavy atom. The lowest BCUT2D eigenvalue weighted by Gasteiger charge is -2.50. The van der Waals surface area contributed by atoms with Crippen LogP contribution in [-0.2, 0) is 6.42 Å². The number of carbonyl (C=O) groups is 1. The number of aliphatic hydroxyl groups is 1. The van der Waals surface area contributed by atoms with Gasteiger partial charge in [0.25, 0.3) is 0 Å². The molecule has 6 rings (SSSR count). The van der Waals surface area contributed by atoms with E-state index < -0.39 is 0 Å². The van der Waals surface area contributed by atoms with Crippen LogP contribution in [0.25, 0.3) is 5.57 Å². The van der Waals surface area contributed by atoms with Crippen molar-refractivity contribution in [2.24, 2.45) is 23.2 Å². The molecule has 4 aliphatic rings. The van der Waals surface area contributed by atoms with Gasteiger partial charge in [-0.1, -0.05) is 31.6 Å². The maximum absolute atomic E-state index is 13.9. The van der Waals surface area contributed by atoms with E-state index in [1.807, 2.05) is 12.3 Å². The van der Waals surface area contributed by atoms with Crippen molar-refractivity contribution in [3.63, 3.8) is 0 Å². The van der Waals surface area contributed by atoms with Crippen LogP contribution in [0.2, 0.25) is 0 Å². The lowest BCUT2D eigenvalue weighted by Crippen LogP contribution is -2.41. The zero-order chi connectivity index (χ0) is 23.4. The number of allylic oxidation sites excluding steroid dienone is 2. The van der Waals surface area contributed by atoms with Crippen LogP contribution in [0.5, 0.6) is 0 Å². The van der Waals surface area contributed by atoms with Gasteiger partial charge in [-0.05, 0) is 108 Å². The number of aryl methyl sites for hydroxylation is 1. The molecule has 0 aliphatic heterocycles. The Labute approximate surface area is 201 Å². The maximum atomic E-state index is 13.9. The van der Waals surface area contributed by atoms with Crippen LogP contribution in [-0.4, -0.2) is 22.0 Å². The molecule has 1 aromatic carbocycles. The molecule has 4 aliphatic carbocycles. The van der Waals surface area contributed by atoms with Crippen LogP contribution >= 0.6 is 0 Å². The Morgan fingerprint density at radius 3 is 2.85 bits per heavy atom. The molecule has 0 saturated heterocycles. The second-order valence-electron chi connectivity index (χ2n) is 11.4. The van der Waals surface area contributed by atoms with E-state index in [1.54, 1.807) is 6.07 Å². The molecule has 6 atom stereocenters. The average Bonchev–Trinajstić information content (AvgIpc) is 3.40. The van der Waals surface area contributed by atoms with Crippen LogP contribution < -0.4 is 0 Å². The molecule has 34 heavy (non-hydrogen) atoms. The molecule has 3 nitrogen and oxygen atoms in total. The van der Waals surface area contributed by atoms with Crippen LogP contribution in [0.4, 0.5) is 4.39 Å². The summed E-state index contributed by atoms with van der Waals surface area (Å²) in [6.07, 6.45) is 13.9. The number of benzene rings is 1. The fourth-order valence-electron chi connectivity index (χ4n) is 7.94. The van der Waals surface area contributed by atoms with Crippen LogP contribution in [0, 0.1) is 29.0 Å². The highest BCUT2D eigenvalue weighted by Crippen LogP contribution is 2.63. The summed E-state index contributed by atoms with van der Waals surface area (Å²) >= 11 is 0. The number of nitrogens with zero attached hydrogens (tertiary/aromatic N) is 1. The van der Waals surface area contributed by atoms with Gasteiger partial charge >= 0.3 is 0 Å². The molecule has 0 unspecified atom stereocenters. The Hall–Kier alpha value is -2.33. The predicted octanol–water partition coefficient (Wildman–Crippen LogP) is 6.50. The molecule has 1 heterocycles. The number of rotatable bonds is 4. The van der Waals surface area contributed by atoms with Gasteiger partial charge in [-0.3, -0.25) is 9.78 Å². The number of fused-ring (bicyclic) bond motifs is 5. The minimum Gasteiger partial charge on any atom is -0.393 e. The molecule has 1 aromatic heterocycles. The molecule has 0 amide bonds. The number of halogens is 1. The van der Waals surface area contributed by atoms with E-state index >= 15 is 0 Å². The van der Waals surface area contributed by atoms with Gasteiger partial charge in [-0.2, -0.15) is 0 Å². The van der Waals surface area contributed by atoms with Crippen molar-refractivity contribution in [3.8, 4) is 0 Å². The quantitative estimate of drug-likeness (QED) is 0.531. The van der Waals surface area contributed by atoms with Crippen molar-refractivity contribution in [3.05, 3.63) is 70.8 Å². The Kier molecular flexibility index (Phi) is 5.48. The Bertz CT molecular complexity index is 1160. The molecule has 0 spiro atoms. The topological polar surface area (TPSA) is 50.2 Å². The minimum absolute atomic E-state index is 0.0756. The molecule has 2 aromatic rings. The second-order valence-corrected chi connectivity index (χ2v) is 11.4. The summed E-state index contributed by atoms with van der Waals surface area (Å²) < 4.78 is 13.9. The number of aliphatic hydroxyl groups excluding tert-OH is 1. The molecule has 2 saturated carbocycles. The van der Waals surface area contributed by atoms with Crippen molar-refractivity contribution in [2.75, 3.05) is 0 Å². The molecule has 0 radical (unpaired) electrons. The number of carbonyl (C=O) groups excluding carboxylic acids is 1. The van der Waals surface area contributed by atoms with E-state index in [2.05, 4.69) is 30.1 Å². The minimum atomic E-state index is -0.313. The number of ketones is 1. The van der Waals surface area contributed by atoms with E-state index in [4.69, 9.17) is 0 Å². The van der Waals surface area contributed by atoms with Gasteiger partial charge in [-0.15, -0.1) is 0 Å². The first-order chi connectivity index (χ1) is 16.4. The smallest absolute Gasteiger partial charge is 0.163 e. The largest absolute Gasteiger partial charge is 0.393 e. The van der Waals surface area contributed by atoms with Crippen molar-refractivity contribution < 1.29 is 14.3 Å². The van der Waals surface area contributed by atoms with Crippen LogP contribution in [0.1, 0.15) is 91.3 Å².